The highest BCUT2D eigenvalue weighted by atomic mass is 16.6. The van der Waals surface area contributed by atoms with E-state index in [1.54, 1.807) is 0 Å². The predicted octanol–water partition coefficient (Wildman–Crippen LogP) is 0.951. The normalized spacial score (nSPS) is 18.8. The summed E-state index contributed by atoms with van der Waals surface area (Å²) in [6.45, 7) is 5.85. The number of allylic oxidation sites excluding steroid dienone is 1. The molecule has 0 amide bonds. The summed E-state index contributed by atoms with van der Waals surface area (Å²) in [5.74, 6) is -1.44. The summed E-state index contributed by atoms with van der Waals surface area (Å²) in [5.41, 5.74) is 0. The zero-order chi connectivity index (χ0) is 12.0. The van der Waals surface area contributed by atoms with Crippen molar-refractivity contribution in [3.63, 3.8) is 0 Å². The number of ether oxygens (including phenoxy) is 3. The largest absolute Gasteiger partial charge is 0.457 e. The molecule has 0 N–H and O–H groups in total. The molecule has 1 unspecified atom stereocenters. The van der Waals surface area contributed by atoms with Gasteiger partial charge in [0.15, 0.2) is 0 Å². The molecule has 1 atom stereocenters. The Kier molecular flexibility index (Phi) is 4.72. The van der Waals surface area contributed by atoms with Crippen LogP contribution in [0.15, 0.2) is 24.5 Å². The summed E-state index contributed by atoms with van der Waals surface area (Å²) in [6.07, 6.45) is 3.02. The van der Waals surface area contributed by atoms with Gasteiger partial charge in [-0.15, -0.1) is 0 Å². The molecule has 1 aliphatic heterocycles. The second-order valence-electron chi connectivity index (χ2n) is 3.16. The molecule has 5 heteroatoms. The SMILES string of the molecule is C=CC(=O)O/C(=C/CC)C(=O)OCC1CO1. The van der Waals surface area contributed by atoms with Gasteiger partial charge in [-0.05, 0) is 12.5 Å². The van der Waals surface area contributed by atoms with Crippen LogP contribution in [-0.4, -0.2) is 31.3 Å². The third kappa shape index (κ3) is 4.27. The Labute approximate surface area is 93.7 Å². The second kappa shape index (κ2) is 6.07. The third-order valence-electron chi connectivity index (χ3n) is 1.77. The molecule has 0 spiro atoms. The van der Waals surface area contributed by atoms with Gasteiger partial charge in [0.1, 0.15) is 12.7 Å². The monoisotopic (exact) mass is 226 g/mol. The molecule has 88 valence electrons. The highest BCUT2D eigenvalue weighted by molar-refractivity contribution is 5.92. The lowest BCUT2D eigenvalue weighted by molar-refractivity contribution is -0.149. The van der Waals surface area contributed by atoms with E-state index in [0.717, 1.165) is 6.08 Å². The molecule has 1 rings (SSSR count). The van der Waals surface area contributed by atoms with E-state index in [4.69, 9.17) is 14.2 Å². The highest BCUT2D eigenvalue weighted by Crippen LogP contribution is 2.11. The smallest absolute Gasteiger partial charge is 0.374 e. The van der Waals surface area contributed by atoms with Crippen LogP contribution >= 0.6 is 0 Å². The van der Waals surface area contributed by atoms with Crippen LogP contribution in [0.5, 0.6) is 0 Å². The fraction of sp³-hybridized carbons (Fsp3) is 0.455. The summed E-state index contributed by atoms with van der Waals surface area (Å²) >= 11 is 0. The third-order valence-corrected chi connectivity index (χ3v) is 1.77. The summed E-state index contributed by atoms with van der Waals surface area (Å²) < 4.78 is 14.5. The number of carbonyl (C=O) groups excluding carboxylic acids is 2. The van der Waals surface area contributed by atoms with Crippen molar-refractivity contribution in [2.24, 2.45) is 0 Å². The lowest BCUT2D eigenvalue weighted by Crippen LogP contribution is -2.16. The molecule has 1 aliphatic rings. The minimum absolute atomic E-state index is 0.0121. The summed E-state index contributed by atoms with van der Waals surface area (Å²) in [7, 11) is 0. The fourth-order valence-corrected chi connectivity index (χ4v) is 0.906. The second-order valence-corrected chi connectivity index (χ2v) is 3.16. The maximum absolute atomic E-state index is 11.5. The summed E-state index contributed by atoms with van der Waals surface area (Å²) in [5, 5.41) is 0. The number of rotatable bonds is 6. The van der Waals surface area contributed by atoms with Gasteiger partial charge in [0, 0.05) is 6.08 Å². The van der Waals surface area contributed by atoms with Crippen molar-refractivity contribution in [1.82, 2.24) is 0 Å². The van der Waals surface area contributed by atoms with Gasteiger partial charge in [0.2, 0.25) is 5.76 Å². The Hall–Kier alpha value is -1.62. The van der Waals surface area contributed by atoms with E-state index in [-0.39, 0.29) is 18.5 Å². The molecule has 1 saturated heterocycles. The lowest BCUT2D eigenvalue weighted by Gasteiger charge is -2.06. The van der Waals surface area contributed by atoms with Crippen LogP contribution in [-0.2, 0) is 23.8 Å². The molecular formula is C11H14O5. The average molecular weight is 226 g/mol. The number of epoxide rings is 1. The van der Waals surface area contributed by atoms with Crippen molar-refractivity contribution in [3.8, 4) is 0 Å². The van der Waals surface area contributed by atoms with Gasteiger partial charge in [-0.25, -0.2) is 9.59 Å². The van der Waals surface area contributed by atoms with Crippen molar-refractivity contribution in [1.29, 1.82) is 0 Å². The first-order valence-corrected chi connectivity index (χ1v) is 5.00. The average Bonchev–Trinajstić information content (AvgIpc) is 3.08. The Morgan fingerprint density at radius 2 is 2.25 bits per heavy atom. The Morgan fingerprint density at radius 1 is 1.56 bits per heavy atom. The molecule has 5 nitrogen and oxygen atoms in total. The van der Waals surface area contributed by atoms with Crippen LogP contribution in [0.2, 0.25) is 0 Å². The van der Waals surface area contributed by atoms with Crippen molar-refractivity contribution in [3.05, 3.63) is 24.5 Å². The van der Waals surface area contributed by atoms with E-state index >= 15 is 0 Å². The van der Waals surface area contributed by atoms with Gasteiger partial charge in [-0.3, -0.25) is 0 Å². The van der Waals surface area contributed by atoms with E-state index in [9.17, 15) is 9.59 Å². The predicted molar refractivity (Wildman–Crippen MR) is 55.4 cm³/mol. The Morgan fingerprint density at radius 3 is 2.75 bits per heavy atom. The van der Waals surface area contributed by atoms with Crippen LogP contribution < -0.4 is 0 Å². The first-order valence-electron chi connectivity index (χ1n) is 5.00. The zero-order valence-electron chi connectivity index (χ0n) is 9.10. The topological polar surface area (TPSA) is 65.1 Å². The van der Waals surface area contributed by atoms with Gasteiger partial charge in [-0.2, -0.15) is 0 Å². The van der Waals surface area contributed by atoms with E-state index < -0.39 is 11.9 Å². The maximum atomic E-state index is 11.5. The first-order chi connectivity index (χ1) is 7.67. The quantitative estimate of drug-likeness (QED) is 0.292. The molecule has 0 aliphatic carbocycles. The van der Waals surface area contributed by atoms with E-state index in [1.165, 1.54) is 6.08 Å². The van der Waals surface area contributed by atoms with E-state index in [2.05, 4.69) is 6.58 Å². The van der Waals surface area contributed by atoms with Gasteiger partial charge < -0.3 is 14.2 Å². The van der Waals surface area contributed by atoms with Gasteiger partial charge in [0.25, 0.3) is 0 Å². The minimum Gasteiger partial charge on any atom is -0.457 e. The molecule has 0 aromatic carbocycles. The van der Waals surface area contributed by atoms with Crippen LogP contribution in [0.25, 0.3) is 0 Å². The Balaban J connectivity index is 2.46. The van der Waals surface area contributed by atoms with Crippen molar-refractivity contribution >= 4 is 11.9 Å². The molecule has 0 bridgehead atoms. The number of hydrogen-bond donors (Lipinski definition) is 0. The molecule has 1 fully saturated rings. The first kappa shape index (κ1) is 12.4. The number of carbonyl (C=O) groups is 2. The van der Waals surface area contributed by atoms with Crippen molar-refractivity contribution < 1.29 is 23.8 Å². The molecule has 1 heterocycles. The van der Waals surface area contributed by atoms with Crippen LogP contribution in [0.3, 0.4) is 0 Å². The van der Waals surface area contributed by atoms with E-state index in [1.807, 2.05) is 6.92 Å². The number of esters is 2. The minimum atomic E-state index is -0.681. The van der Waals surface area contributed by atoms with Crippen LogP contribution in [0, 0.1) is 0 Å². The van der Waals surface area contributed by atoms with Gasteiger partial charge in [0.05, 0.1) is 6.61 Å². The summed E-state index contributed by atoms with van der Waals surface area (Å²) in [6, 6.07) is 0. The highest BCUT2D eigenvalue weighted by Gasteiger charge is 2.25. The lowest BCUT2D eigenvalue weighted by atomic mass is 10.3. The molecule has 0 radical (unpaired) electrons. The Bertz CT molecular complexity index is 314. The molecule has 0 aromatic heterocycles. The van der Waals surface area contributed by atoms with Crippen LogP contribution in [0.1, 0.15) is 13.3 Å². The van der Waals surface area contributed by atoms with Crippen LogP contribution in [0.4, 0.5) is 0 Å². The number of hydrogen-bond acceptors (Lipinski definition) is 5. The maximum Gasteiger partial charge on any atom is 0.374 e. The standard InChI is InChI=1S/C11H14O5/c1-3-5-9(16-10(12)4-2)11(13)15-7-8-6-14-8/h4-5,8H,2-3,6-7H2,1H3/b9-5+. The molecule has 0 saturated carbocycles. The summed E-state index contributed by atoms with van der Waals surface area (Å²) in [4.78, 5) is 22.4. The van der Waals surface area contributed by atoms with E-state index in [0.29, 0.717) is 13.0 Å². The van der Waals surface area contributed by atoms with Gasteiger partial charge >= 0.3 is 11.9 Å². The molecule has 0 aromatic rings. The van der Waals surface area contributed by atoms with Crippen molar-refractivity contribution in [2.75, 3.05) is 13.2 Å². The molecule has 16 heavy (non-hydrogen) atoms. The fourth-order valence-electron chi connectivity index (χ4n) is 0.906. The molecular weight excluding hydrogens is 212 g/mol. The van der Waals surface area contributed by atoms with Crippen molar-refractivity contribution in [2.45, 2.75) is 19.4 Å². The van der Waals surface area contributed by atoms with Gasteiger partial charge in [-0.1, -0.05) is 13.5 Å². The zero-order valence-corrected chi connectivity index (χ0v) is 9.10.